The van der Waals surface area contributed by atoms with Gasteiger partial charge in [0.1, 0.15) is 0 Å². The molecule has 0 aromatic rings. The predicted octanol–water partition coefficient (Wildman–Crippen LogP) is 3.77. The van der Waals surface area contributed by atoms with Gasteiger partial charge < -0.3 is 4.74 Å². The molecule has 0 unspecified atom stereocenters. The normalized spacial score (nSPS) is 43.1. The van der Waals surface area contributed by atoms with Gasteiger partial charge in [-0.15, -0.1) is 0 Å². The van der Waals surface area contributed by atoms with Crippen LogP contribution in [0.15, 0.2) is 0 Å². The van der Waals surface area contributed by atoms with E-state index in [0.29, 0.717) is 11.7 Å². The number of epoxide rings is 1. The predicted molar refractivity (Wildman–Crippen MR) is 59.3 cm³/mol. The molecule has 1 saturated carbocycles. The van der Waals surface area contributed by atoms with E-state index in [1.165, 1.54) is 38.5 Å². The van der Waals surface area contributed by atoms with Crippen LogP contribution in [-0.4, -0.2) is 11.7 Å². The molecule has 1 heteroatoms. The monoisotopic (exact) mass is 196 g/mol. The minimum Gasteiger partial charge on any atom is -0.366 e. The van der Waals surface area contributed by atoms with Gasteiger partial charge in [-0.1, -0.05) is 33.1 Å². The first-order valence-corrected chi connectivity index (χ1v) is 6.33. The van der Waals surface area contributed by atoms with Crippen molar-refractivity contribution in [2.45, 2.75) is 71.0 Å². The van der Waals surface area contributed by atoms with Crippen LogP contribution in [-0.2, 0) is 4.74 Å². The number of hydrogen-bond acceptors (Lipinski definition) is 1. The van der Waals surface area contributed by atoms with Crippen LogP contribution in [0, 0.1) is 11.8 Å². The summed E-state index contributed by atoms with van der Waals surface area (Å²) in [5, 5.41) is 0. The first-order valence-electron chi connectivity index (χ1n) is 6.33. The van der Waals surface area contributed by atoms with Crippen molar-refractivity contribution in [2.24, 2.45) is 11.8 Å². The summed E-state index contributed by atoms with van der Waals surface area (Å²) >= 11 is 0. The van der Waals surface area contributed by atoms with Crippen LogP contribution in [0.1, 0.15) is 59.3 Å². The molecular weight excluding hydrogens is 172 g/mol. The SMILES string of the molecule is CCCC[C@@H](C)[C@@H]1CC[C@@]2(C)O[C@H]2C1. The van der Waals surface area contributed by atoms with Gasteiger partial charge in [0.25, 0.3) is 0 Å². The smallest absolute Gasteiger partial charge is 0.0920 e. The summed E-state index contributed by atoms with van der Waals surface area (Å²) in [4.78, 5) is 0. The van der Waals surface area contributed by atoms with Crippen LogP contribution in [0.2, 0.25) is 0 Å². The Morgan fingerprint density at radius 1 is 1.50 bits per heavy atom. The van der Waals surface area contributed by atoms with E-state index in [2.05, 4.69) is 20.8 Å². The van der Waals surface area contributed by atoms with Crippen LogP contribution in [0.5, 0.6) is 0 Å². The molecule has 1 heterocycles. The molecule has 2 fully saturated rings. The molecule has 2 rings (SSSR count). The average molecular weight is 196 g/mol. The zero-order valence-corrected chi connectivity index (χ0v) is 9.88. The van der Waals surface area contributed by atoms with Crippen LogP contribution < -0.4 is 0 Å². The Kier molecular flexibility index (Phi) is 2.88. The number of rotatable bonds is 4. The van der Waals surface area contributed by atoms with Gasteiger partial charge in [-0.2, -0.15) is 0 Å². The standard InChI is InChI=1S/C13H24O/c1-4-5-6-10(2)11-7-8-13(3)12(9-11)14-13/h10-12H,4-9H2,1-3H3/t10-,11-,12+,13-/m1/s1. The van der Waals surface area contributed by atoms with Gasteiger partial charge in [0.05, 0.1) is 11.7 Å². The van der Waals surface area contributed by atoms with Crippen molar-refractivity contribution in [1.82, 2.24) is 0 Å². The summed E-state index contributed by atoms with van der Waals surface area (Å²) in [6, 6.07) is 0. The van der Waals surface area contributed by atoms with E-state index in [-0.39, 0.29) is 0 Å². The number of fused-ring (bicyclic) bond motifs is 1. The molecule has 0 radical (unpaired) electrons. The van der Waals surface area contributed by atoms with Crippen molar-refractivity contribution in [3.05, 3.63) is 0 Å². The van der Waals surface area contributed by atoms with E-state index in [1.54, 1.807) is 0 Å². The Morgan fingerprint density at radius 3 is 2.93 bits per heavy atom. The highest BCUT2D eigenvalue weighted by molar-refractivity contribution is 5.03. The molecule has 1 aliphatic heterocycles. The maximum Gasteiger partial charge on any atom is 0.0920 e. The largest absolute Gasteiger partial charge is 0.366 e. The molecule has 1 aliphatic carbocycles. The lowest BCUT2D eigenvalue weighted by Crippen LogP contribution is -2.25. The minimum absolute atomic E-state index is 0.307. The zero-order valence-electron chi connectivity index (χ0n) is 9.88. The third-order valence-corrected chi connectivity index (χ3v) is 4.38. The molecule has 0 amide bonds. The lowest BCUT2D eigenvalue weighted by atomic mass is 9.75. The topological polar surface area (TPSA) is 12.5 Å². The minimum atomic E-state index is 0.307. The number of ether oxygens (including phenoxy) is 1. The Labute approximate surface area is 88.2 Å². The summed E-state index contributed by atoms with van der Waals surface area (Å²) < 4.78 is 5.75. The molecule has 2 aliphatic rings. The van der Waals surface area contributed by atoms with Crippen LogP contribution in [0.25, 0.3) is 0 Å². The first kappa shape index (κ1) is 10.5. The Balaban J connectivity index is 1.76. The third kappa shape index (κ3) is 1.98. The molecule has 0 aromatic heterocycles. The summed E-state index contributed by atoms with van der Waals surface area (Å²) in [5.74, 6) is 1.87. The van der Waals surface area contributed by atoms with E-state index in [9.17, 15) is 0 Å². The maximum absolute atomic E-state index is 5.75. The van der Waals surface area contributed by atoms with Gasteiger partial charge in [-0.3, -0.25) is 0 Å². The highest BCUT2D eigenvalue weighted by atomic mass is 16.6. The fourth-order valence-corrected chi connectivity index (χ4v) is 2.95. The van der Waals surface area contributed by atoms with Gasteiger partial charge in [0, 0.05) is 0 Å². The van der Waals surface area contributed by atoms with E-state index < -0.39 is 0 Å². The van der Waals surface area contributed by atoms with E-state index in [0.717, 1.165) is 11.8 Å². The second-order valence-electron chi connectivity index (χ2n) is 5.57. The number of unbranched alkanes of at least 4 members (excludes halogenated alkanes) is 1. The van der Waals surface area contributed by atoms with Crippen molar-refractivity contribution < 1.29 is 4.74 Å². The molecule has 4 atom stereocenters. The second kappa shape index (κ2) is 3.84. The van der Waals surface area contributed by atoms with Gasteiger partial charge in [0.2, 0.25) is 0 Å². The summed E-state index contributed by atoms with van der Waals surface area (Å²) in [6.45, 7) is 7.00. The van der Waals surface area contributed by atoms with Crippen LogP contribution >= 0.6 is 0 Å². The average Bonchev–Trinajstić information content (AvgIpc) is 2.84. The molecule has 1 saturated heterocycles. The third-order valence-electron chi connectivity index (χ3n) is 4.38. The summed E-state index contributed by atoms with van der Waals surface area (Å²) in [5.41, 5.74) is 0.307. The molecule has 0 N–H and O–H groups in total. The van der Waals surface area contributed by atoms with Crippen LogP contribution in [0.3, 0.4) is 0 Å². The molecule has 0 spiro atoms. The molecule has 1 nitrogen and oxygen atoms in total. The van der Waals surface area contributed by atoms with Crippen molar-refractivity contribution in [2.75, 3.05) is 0 Å². The molecule has 14 heavy (non-hydrogen) atoms. The zero-order chi connectivity index (χ0) is 10.2. The molecule has 82 valence electrons. The Hall–Kier alpha value is -0.0400. The quantitative estimate of drug-likeness (QED) is 0.623. The summed E-state index contributed by atoms with van der Waals surface area (Å²) in [7, 11) is 0. The Bertz CT molecular complexity index is 201. The number of hydrogen-bond donors (Lipinski definition) is 0. The van der Waals surface area contributed by atoms with E-state index in [1.807, 2.05) is 0 Å². The van der Waals surface area contributed by atoms with Gasteiger partial charge in [0.15, 0.2) is 0 Å². The highest BCUT2D eigenvalue weighted by Crippen LogP contribution is 2.51. The van der Waals surface area contributed by atoms with Gasteiger partial charge >= 0.3 is 0 Å². The fourth-order valence-electron chi connectivity index (χ4n) is 2.95. The van der Waals surface area contributed by atoms with Gasteiger partial charge in [-0.25, -0.2) is 0 Å². The first-order chi connectivity index (χ1) is 6.65. The lowest BCUT2D eigenvalue weighted by Gasteiger charge is -2.27. The molecular formula is C13H24O. The van der Waals surface area contributed by atoms with E-state index in [4.69, 9.17) is 4.74 Å². The Morgan fingerprint density at radius 2 is 2.29 bits per heavy atom. The molecule has 0 aromatic carbocycles. The van der Waals surface area contributed by atoms with Crippen molar-refractivity contribution in [1.29, 1.82) is 0 Å². The van der Waals surface area contributed by atoms with E-state index >= 15 is 0 Å². The molecule has 0 bridgehead atoms. The maximum atomic E-state index is 5.75. The lowest BCUT2D eigenvalue weighted by molar-refractivity contribution is 0.249. The summed E-state index contributed by atoms with van der Waals surface area (Å²) in [6.07, 6.45) is 8.82. The van der Waals surface area contributed by atoms with Crippen molar-refractivity contribution in [3.8, 4) is 0 Å². The van der Waals surface area contributed by atoms with Crippen LogP contribution in [0.4, 0.5) is 0 Å². The van der Waals surface area contributed by atoms with Gasteiger partial charge in [-0.05, 0) is 38.0 Å². The highest BCUT2D eigenvalue weighted by Gasteiger charge is 2.55. The van der Waals surface area contributed by atoms with Crippen molar-refractivity contribution in [3.63, 3.8) is 0 Å². The fraction of sp³-hybridized carbons (Fsp3) is 1.00. The second-order valence-corrected chi connectivity index (χ2v) is 5.57. The van der Waals surface area contributed by atoms with Crippen molar-refractivity contribution >= 4 is 0 Å².